The Balaban J connectivity index is 2.15. The third-order valence-electron chi connectivity index (χ3n) is 3.12. The number of nitrogens with zero attached hydrogens (tertiary/aromatic N) is 2. The van der Waals surface area contributed by atoms with Crippen molar-refractivity contribution >= 4 is 17.3 Å². The van der Waals surface area contributed by atoms with Gasteiger partial charge in [0.25, 0.3) is 0 Å². The van der Waals surface area contributed by atoms with Crippen molar-refractivity contribution in [3.05, 3.63) is 36.2 Å². The molecule has 0 fully saturated rings. The number of anilines is 3. The lowest BCUT2D eigenvalue weighted by Gasteiger charge is -2.13. The SMILES string of the molecule is CCCCNc1cc(Nc2ccccc2OCC)nc(C)n1. The summed E-state index contributed by atoms with van der Waals surface area (Å²) < 4.78 is 5.63. The standard InChI is InChI=1S/C17H24N4O/c1-4-6-11-18-16-12-17(20-13(3)19-16)21-14-9-7-8-10-15(14)22-5-2/h7-10,12H,4-6,11H2,1-3H3,(H2,18,19,20,21). The van der Waals surface area contributed by atoms with Crippen LogP contribution in [0.2, 0.25) is 0 Å². The molecular weight excluding hydrogens is 276 g/mol. The summed E-state index contributed by atoms with van der Waals surface area (Å²) in [7, 11) is 0. The summed E-state index contributed by atoms with van der Waals surface area (Å²) >= 11 is 0. The molecule has 0 amide bonds. The first-order valence-corrected chi connectivity index (χ1v) is 7.81. The van der Waals surface area contributed by atoms with Gasteiger partial charge in [0.2, 0.25) is 0 Å². The molecule has 118 valence electrons. The second-order valence-electron chi connectivity index (χ2n) is 5.02. The lowest BCUT2D eigenvalue weighted by atomic mass is 10.3. The Morgan fingerprint density at radius 2 is 1.86 bits per heavy atom. The number of hydrogen-bond acceptors (Lipinski definition) is 5. The zero-order valence-corrected chi connectivity index (χ0v) is 13.5. The van der Waals surface area contributed by atoms with Crippen LogP contribution in [0.3, 0.4) is 0 Å². The molecule has 2 aromatic rings. The minimum atomic E-state index is 0.630. The number of ether oxygens (including phenoxy) is 1. The average Bonchev–Trinajstić information content (AvgIpc) is 2.49. The number of rotatable bonds is 8. The van der Waals surface area contributed by atoms with Gasteiger partial charge in [0.1, 0.15) is 23.2 Å². The van der Waals surface area contributed by atoms with Crippen LogP contribution >= 0.6 is 0 Å². The van der Waals surface area contributed by atoms with Gasteiger partial charge in [-0.05, 0) is 32.4 Å². The van der Waals surface area contributed by atoms with Crippen LogP contribution in [0.1, 0.15) is 32.5 Å². The number of benzene rings is 1. The van der Waals surface area contributed by atoms with Crippen LogP contribution < -0.4 is 15.4 Å². The van der Waals surface area contributed by atoms with E-state index in [1.54, 1.807) is 0 Å². The number of aromatic nitrogens is 2. The monoisotopic (exact) mass is 300 g/mol. The average molecular weight is 300 g/mol. The third kappa shape index (κ3) is 4.62. The Morgan fingerprint density at radius 3 is 2.64 bits per heavy atom. The molecule has 0 unspecified atom stereocenters. The number of hydrogen-bond donors (Lipinski definition) is 2. The summed E-state index contributed by atoms with van der Waals surface area (Å²) in [5.74, 6) is 3.16. The predicted molar refractivity (Wildman–Crippen MR) is 91.1 cm³/mol. The summed E-state index contributed by atoms with van der Waals surface area (Å²) in [6, 6.07) is 9.77. The number of aryl methyl sites for hydroxylation is 1. The van der Waals surface area contributed by atoms with Crippen LogP contribution in [-0.2, 0) is 0 Å². The van der Waals surface area contributed by atoms with Crippen LogP contribution in [0.25, 0.3) is 0 Å². The van der Waals surface area contributed by atoms with Gasteiger partial charge in [-0.15, -0.1) is 0 Å². The van der Waals surface area contributed by atoms with E-state index >= 15 is 0 Å². The van der Waals surface area contributed by atoms with Gasteiger partial charge in [-0.2, -0.15) is 0 Å². The summed E-state index contributed by atoms with van der Waals surface area (Å²) in [6.07, 6.45) is 2.28. The van der Waals surface area contributed by atoms with E-state index in [-0.39, 0.29) is 0 Å². The second-order valence-corrected chi connectivity index (χ2v) is 5.02. The first-order chi connectivity index (χ1) is 10.7. The number of nitrogens with one attached hydrogen (secondary N) is 2. The lowest BCUT2D eigenvalue weighted by Crippen LogP contribution is -2.06. The molecule has 0 radical (unpaired) electrons. The molecule has 0 aliphatic heterocycles. The maximum Gasteiger partial charge on any atom is 0.142 e. The predicted octanol–water partition coefficient (Wildman–Crippen LogP) is 4.14. The van der Waals surface area contributed by atoms with Crippen LogP contribution in [0.4, 0.5) is 17.3 Å². The maximum atomic E-state index is 5.63. The summed E-state index contributed by atoms with van der Waals surface area (Å²) in [6.45, 7) is 7.59. The molecule has 1 aromatic carbocycles. The molecule has 0 spiro atoms. The van der Waals surface area contributed by atoms with E-state index < -0.39 is 0 Å². The zero-order valence-electron chi connectivity index (χ0n) is 13.5. The minimum Gasteiger partial charge on any atom is -0.492 e. The van der Waals surface area contributed by atoms with Crippen molar-refractivity contribution in [2.45, 2.75) is 33.6 Å². The van der Waals surface area contributed by atoms with Gasteiger partial charge >= 0.3 is 0 Å². The topological polar surface area (TPSA) is 59.1 Å². The van der Waals surface area contributed by atoms with Crippen LogP contribution in [0, 0.1) is 6.92 Å². The zero-order chi connectivity index (χ0) is 15.8. The summed E-state index contributed by atoms with van der Waals surface area (Å²) in [5.41, 5.74) is 0.905. The fraction of sp³-hybridized carbons (Fsp3) is 0.412. The molecule has 0 aliphatic carbocycles. The lowest BCUT2D eigenvalue weighted by molar-refractivity contribution is 0.342. The first kappa shape index (κ1) is 16.1. The highest BCUT2D eigenvalue weighted by Gasteiger charge is 2.06. The van der Waals surface area contributed by atoms with E-state index in [0.29, 0.717) is 6.61 Å². The smallest absolute Gasteiger partial charge is 0.142 e. The largest absolute Gasteiger partial charge is 0.492 e. The molecule has 5 heteroatoms. The van der Waals surface area contributed by atoms with Gasteiger partial charge in [0.15, 0.2) is 0 Å². The van der Waals surface area contributed by atoms with Crippen molar-refractivity contribution in [1.29, 1.82) is 0 Å². The van der Waals surface area contributed by atoms with E-state index in [4.69, 9.17) is 4.74 Å². The van der Waals surface area contributed by atoms with Crippen LogP contribution in [0.5, 0.6) is 5.75 Å². The van der Waals surface area contributed by atoms with Crippen LogP contribution in [0.15, 0.2) is 30.3 Å². The first-order valence-electron chi connectivity index (χ1n) is 7.81. The molecule has 0 aliphatic rings. The third-order valence-corrected chi connectivity index (χ3v) is 3.12. The fourth-order valence-electron chi connectivity index (χ4n) is 2.10. The molecule has 0 saturated heterocycles. The molecule has 1 heterocycles. The van der Waals surface area contributed by atoms with E-state index in [2.05, 4.69) is 27.5 Å². The van der Waals surface area contributed by atoms with Gasteiger partial charge in [-0.1, -0.05) is 25.5 Å². The van der Waals surface area contributed by atoms with Crippen LogP contribution in [-0.4, -0.2) is 23.1 Å². The van der Waals surface area contributed by atoms with Crippen molar-refractivity contribution in [3.8, 4) is 5.75 Å². The van der Waals surface area contributed by atoms with Crippen molar-refractivity contribution in [3.63, 3.8) is 0 Å². The molecule has 1 aromatic heterocycles. The van der Waals surface area contributed by atoms with Crippen molar-refractivity contribution in [1.82, 2.24) is 9.97 Å². The molecule has 2 rings (SSSR count). The molecule has 0 bridgehead atoms. The maximum absolute atomic E-state index is 5.63. The molecule has 0 saturated carbocycles. The van der Waals surface area contributed by atoms with E-state index in [1.165, 1.54) is 0 Å². The Morgan fingerprint density at radius 1 is 1.09 bits per heavy atom. The highest BCUT2D eigenvalue weighted by Crippen LogP contribution is 2.27. The molecule has 2 N–H and O–H groups in total. The Hall–Kier alpha value is -2.30. The van der Waals surface area contributed by atoms with Crippen molar-refractivity contribution in [2.75, 3.05) is 23.8 Å². The normalized spacial score (nSPS) is 10.3. The molecule has 0 atom stereocenters. The highest BCUT2D eigenvalue weighted by atomic mass is 16.5. The summed E-state index contributed by atoms with van der Waals surface area (Å²) in [4.78, 5) is 8.85. The quantitative estimate of drug-likeness (QED) is 0.718. The number of unbranched alkanes of at least 4 members (excludes halogenated alkanes) is 1. The fourth-order valence-corrected chi connectivity index (χ4v) is 2.10. The van der Waals surface area contributed by atoms with Gasteiger partial charge in [-0.3, -0.25) is 0 Å². The van der Waals surface area contributed by atoms with Crippen molar-refractivity contribution in [2.24, 2.45) is 0 Å². The van der Waals surface area contributed by atoms with Gasteiger partial charge < -0.3 is 15.4 Å². The molecule has 22 heavy (non-hydrogen) atoms. The Bertz CT molecular complexity index is 601. The molecular formula is C17H24N4O. The minimum absolute atomic E-state index is 0.630. The van der Waals surface area contributed by atoms with E-state index in [9.17, 15) is 0 Å². The Kier molecular flexibility index (Phi) is 6.01. The second kappa shape index (κ2) is 8.22. The van der Waals surface area contributed by atoms with Gasteiger partial charge in [0, 0.05) is 12.6 Å². The van der Waals surface area contributed by atoms with E-state index in [1.807, 2.05) is 44.2 Å². The summed E-state index contributed by atoms with van der Waals surface area (Å²) in [5, 5.41) is 6.64. The van der Waals surface area contributed by atoms with E-state index in [0.717, 1.165) is 48.3 Å². The highest BCUT2D eigenvalue weighted by molar-refractivity contribution is 5.65. The van der Waals surface area contributed by atoms with Gasteiger partial charge in [-0.25, -0.2) is 9.97 Å². The van der Waals surface area contributed by atoms with Crippen molar-refractivity contribution < 1.29 is 4.74 Å². The van der Waals surface area contributed by atoms with Gasteiger partial charge in [0.05, 0.1) is 12.3 Å². The number of para-hydroxylation sites is 2. The molecule has 5 nitrogen and oxygen atoms in total. The Labute approximate surface area is 132 Å².